The Bertz CT molecular complexity index is 1280. The molecule has 2 aliphatic heterocycles. The Morgan fingerprint density at radius 3 is 2.75 bits per heavy atom. The first-order valence-corrected chi connectivity index (χ1v) is 11.7. The number of aryl methyl sites for hydroxylation is 1. The molecule has 2 aromatic heterocycles. The summed E-state index contributed by atoms with van der Waals surface area (Å²) in [5, 5.41) is 7.31. The summed E-state index contributed by atoms with van der Waals surface area (Å²) in [4.78, 5) is 40.4. The van der Waals surface area contributed by atoms with Crippen LogP contribution >= 0.6 is 0 Å². The highest BCUT2D eigenvalue weighted by Gasteiger charge is 2.40. The van der Waals surface area contributed by atoms with Gasteiger partial charge >= 0.3 is 6.03 Å². The van der Waals surface area contributed by atoms with Crippen molar-refractivity contribution < 1.29 is 14.3 Å². The number of ether oxygens (including phenoxy) is 1. The van der Waals surface area contributed by atoms with Crippen LogP contribution < -0.4 is 15.1 Å². The lowest BCUT2D eigenvalue weighted by Crippen LogP contribution is -2.51. The molecule has 0 saturated carbocycles. The van der Waals surface area contributed by atoms with Crippen molar-refractivity contribution in [2.75, 3.05) is 41.9 Å². The smallest absolute Gasteiger partial charge is 0.330 e. The summed E-state index contributed by atoms with van der Waals surface area (Å²) < 4.78 is 7.37. The molecule has 0 spiro atoms. The van der Waals surface area contributed by atoms with Crippen LogP contribution in [-0.4, -0.2) is 69.4 Å². The Balaban J connectivity index is 1.49. The predicted octanol–water partition coefficient (Wildman–Crippen LogP) is 2.56. The summed E-state index contributed by atoms with van der Waals surface area (Å²) in [5.74, 6) is 0.653. The monoisotopic (exact) mass is 488 g/mol. The third-order valence-electron chi connectivity index (χ3n) is 6.50. The third-order valence-corrected chi connectivity index (χ3v) is 6.50. The van der Waals surface area contributed by atoms with E-state index in [1.165, 1.54) is 6.08 Å². The number of carbonyl (C=O) groups excluding carboxylic acids is 2. The molecule has 3 aromatic rings. The Labute approximate surface area is 209 Å². The quantitative estimate of drug-likeness (QED) is 0.509. The zero-order valence-corrected chi connectivity index (χ0v) is 20.2. The van der Waals surface area contributed by atoms with Gasteiger partial charge in [-0.3, -0.25) is 19.3 Å². The number of anilines is 4. The summed E-state index contributed by atoms with van der Waals surface area (Å²) in [7, 11) is 3.45. The largest absolute Gasteiger partial charge is 0.379 e. The molecule has 1 fully saturated rings. The van der Waals surface area contributed by atoms with E-state index >= 15 is 0 Å². The highest BCUT2D eigenvalue weighted by atomic mass is 16.5. The minimum Gasteiger partial charge on any atom is -0.379 e. The van der Waals surface area contributed by atoms with Gasteiger partial charge in [-0.1, -0.05) is 24.8 Å². The third kappa shape index (κ3) is 4.52. The van der Waals surface area contributed by atoms with E-state index in [2.05, 4.69) is 22.0 Å². The number of fused-ring (bicyclic) bond motifs is 1. The van der Waals surface area contributed by atoms with Crippen molar-refractivity contribution in [2.45, 2.75) is 12.6 Å². The summed E-state index contributed by atoms with van der Waals surface area (Å²) in [6.07, 6.45) is 6.32. The van der Waals surface area contributed by atoms with Crippen LogP contribution in [0.3, 0.4) is 0 Å². The molecule has 4 heterocycles. The number of hydrogen-bond acceptors (Lipinski definition) is 7. The highest BCUT2D eigenvalue weighted by Crippen LogP contribution is 2.33. The first-order chi connectivity index (χ1) is 17.5. The van der Waals surface area contributed by atoms with Crippen LogP contribution in [0.4, 0.5) is 27.9 Å². The van der Waals surface area contributed by atoms with Crippen molar-refractivity contribution >= 4 is 35.1 Å². The second kappa shape index (κ2) is 9.78. The molecule has 1 saturated heterocycles. The van der Waals surface area contributed by atoms with E-state index in [1.54, 1.807) is 38.9 Å². The van der Waals surface area contributed by atoms with Gasteiger partial charge in [-0.25, -0.2) is 9.78 Å². The van der Waals surface area contributed by atoms with Crippen molar-refractivity contribution in [1.82, 2.24) is 24.6 Å². The van der Waals surface area contributed by atoms with E-state index in [9.17, 15) is 9.59 Å². The lowest BCUT2D eigenvalue weighted by molar-refractivity contribution is -0.125. The molecule has 11 nitrogen and oxygen atoms in total. The van der Waals surface area contributed by atoms with Crippen LogP contribution in [0.1, 0.15) is 5.56 Å². The van der Waals surface area contributed by atoms with Gasteiger partial charge < -0.3 is 15.0 Å². The molecule has 3 amide bonds. The van der Waals surface area contributed by atoms with Gasteiger partial charge in [0, 0.05) is 63.4 Å². The zero-order chi connectivity index (χ0) is 25.2. The summed E-state index contributed by atoms with van der Waals surface area (Å²) in [5.41, 5.74) is 2.35. The molecule has 1 N–H and O–H groups in total. The van der Waals surface area contributed by atoms with Gasteiger partial charge in [-0.05, 0) is 18.2 Å². The molecule has 2 atom stereocenters. The Kier molecular flexibility index (Phi) is 6.38. The maximum absolute atomic E-state index is 13.8. The average Bonchev–Trinajstić information content (AvgIpc) is 3.51. The fraction of sp³-hybridized carbons (Fsp3) is 0.320. The minimum atomic E-state index is -0.216. The van der Waals surface area contributed by atoms with Gasteiger partial charge in [0.15, 0.2) is 0 Å². The molecule has 0 radical (unpaired) electrons. The molecule has 36 heavy (non-hydrogen) atoms. The van der Waals surface area contributed by atoms with E-state index in [4.69, 9.17) is 9.72 Å². The molecule has 5 rings (SSSR count). The second-order valence-corrected chi connectivity index (χ2v) is 8.87. The number of aromatic nitrogens is 4. The van der Waals surface area contributed by atoms with Crippen LogP contribution in [0.25, 0.3) is 0 Å². The van der Waals surface area contributed by atoms with Gasteiger partial charge in [0.05, 0.1) is 24.5 Å². The minimum absolute atomic E-state index is 0.101. The fourth-order valence-electron chi connectivity index (χ4n) is 4.69. The first-order valence-electron chi connectivity index (χ1n) is 11.7. The topological polar surface area (TPSA) is 109 Å². The number of likely N-dealkylation sites (tertiary alicyclic amines) is 1. The van der Waals surface area contributed by atoms with Crippen molar-refractivity contribution in [1.29, 1.82) is 0 Å². The molecule has 1 aromatic carbocycles. The van der Waals surface area contributed by atoms with Crippen molar-refractivity contribution in [3.8, 4) is 0 Å². The number of amides is 3. The van der Waals surface area contributed by atoms with Crippen molar-refractivity contribution in [2.24, 2.45) is 13.0 Å². The summed E-state index contributed by atoms with van der Waals surface area (Å²) in [6.45, 7) is 5.18. The second-order valence-electron chi connectivity index (χ2n) is 8.87. The van der Waals surface area contributed by atoms with E-state index < -0.39 is 0 Å². The van der Waals surface area contributed by atoms with Crippen molar-refractivity contribution in [3.63, 3.8) is 0 Å². The number of benzene rings is 1. The first kappa shape index (κ1) is 23.5. The molecule has 11 heteroatoms. The van der Waals surface area contributed by atoms with Crippen LogP contribution in [0.5, 0.6) is 0 Å². The summed E-state index contributed by atoms with van der Waals surface area (Å²) >= 11 is 0. The maximum Gasteiger partial charge on any atom is 0.330 e. The average molecular weight is 489 g/mol. The SMILES string of the molecule is C=CC(=O)N1C[C@H](CN2C(=O)N(c3ccccc3)Cc3cnc(Nc4cnn(C)c4)nc32)[C@@H](OC)C1. The number of nitrogens with one attached hydrogen (secondary N) is 1. The number of urea groups is 1. The van der Waals surface area contributed by atoms with E-state index in [0.29, 0.717) is 37.9 Å². The summed E-state index contributed by atoms with van der Waals surface area (Å²) in [6, 6.07) is 9.32. The Morgan fingerprint density at radius 2 is 2.06 bits per heavy atom. The molecule has 186 valence electrons. The molecular formula is C25H28N8O3. The number of para-hydroxylation sites is 1. The standard InChI is InChI=1S/C25H28N8O3/c1-4-22(34)31-12-18(21(16-31)36-3)14-33-23-17(13-32(25(33)35)20-8-6-5-7-9-20)10-26-24(29-23)28-19-11-27-30(2)15-19/h4-11,15,18,21H,1,12-14,16H2,2-3H3,(H,26,28,29)/t18-,21+/m1/s1. The van der Waals surface area contributed by atoms with Gasteiger partial charge in [0.25, 0.3) is 0 Å². The molecule has 2 aliphatic rings. The molecular weight excluding hydrogens is 460 g/mol. The van der Waals surface area contributed by atoms with Gasteiger partial charge in [0.1, 0.15) is 5.82 Å². The predicted molar refractivity (Wildman–Crippen MR) is 135 cm³/mol. The number of carbonyl (C=O) groups is 2. The van der Waals surface area contributed by atoms with Crippen LogP contribution in [-0.2, 0) is 23.1 Å². The Hall–Kier alpha value is -4.25. The van der Waals surface area contributed by atoms with E-state index in [-0.39, 0.29) is 24.0 Å². The van der Waals surface area contributed by atoms with Gasteiger partial charge in [-0.15, -0.1) is 0 Å². The van der Waals surface area contributed by atoms with Crippen molar-refractivity contribution in [3.05, 3.63) is 67.1 Å². The molecule has 0 bridgehead atoms. The van der Waals surface area contributed by atoms with E-state index in [0.717, 1.165) is 16.9 Å². The van der Waals surface area contributed by atoms with Crippen LogP contribution in [0, 0.1) is 5.92 Å². The van der Waals surface area contributed by atoms with Crippen LogP contribution in [0.2, 0.25) is 0 Å². The normalized spacial score (nSPS) is 19.4. The highest BCUT2D eigenvalue weighted by molar-refractivity contribution is 6.05. The number of methoxy groups -OCH3 is 1. The number of nitrogens with zero attached hydrogens (tertiary/aromatic N) is 7. The fourth-order valence-corrected chi connectivity index (χ4v) is 4.69. The lowest BCUT2D eigenvalue weighted by atomic mass is 10.0. The zero-order valence-electron chi connectivity index (χ0n) is 20.2. The number of hydrogen-bond donors (Lipinski definition) is 1. The van der Waals surface area contributed by atoms with Gasteiger partial charge in [0.2, 0.25) is 11.9 Å². The lowest BCUT2D eigenvalue weighted by Gasteiger charge is -2.37. The Morgan fingerprint density at radius 1 is 1.25 bits per heavy atom. The van der Waals surface area contributed by atoms with Crippen LogP contribution in [0.15, 0.2) is 61.6 Å². The van der Waals surface area contributed by atoms with E-state index in [1.807, 2.05) is 43.6 Å². The van der Waals surface area contributed by atoms with Gasteiger partial charge in [-0.2, -0.15) is 10.1 Å². The number of rotatable bonds is 7. The molecule has 0 unspecified atom stereocenters. The maximum atomic E-state index is 13.8. The molecule has 0 aliphatic carbocycles.